The molecule has 21 heavy (non-hydrogen) atoms. The van der Waals surface area contributed by atoms with Crippen LogP contribution in [0.4, 0.5) is 0 Å². The van der Waals surface area contributed by atoms with Crippen molar-refractivity contribution in [2.24, 2.45) is 11.3 Å². The molecule has 1 saturated carbocycles. The van der Waals surface area contributed by atoms with E-state index in [2.05, 4.69) is 58.8 Å². The third-order valence-electron chi connectivity index (χ3n) is 5.22. The third-order valence-corrected chi connectivity index (χ3v) is 5.22. The molecule has 2 heteroatoms. The Balaban J connectivity index is 2.72. The molecule has 0 bridgehead atoms. The van der Waals surface area contributed by atoms with Gasteiger partial charge < -0.3 is 10.2 Å². The highest BCUT2D eigenvalue weighted by atomic mass is 15.1. The molecule has 0 amide bonds. The van der Waals surface area contributed by atoms with Gasteiger partial charge in [-0.05, 0) is 65.3 Å². The first-order valence-electron chi connectivity index (χ1n) is 9.13. The summed E-state index contributed by atoms with van der Waals surface area (Å²) in [4.78, 5) is 2.62. The van der Waals surface area contributed by atoms with Crippen molar-refractivity contribution >= 4 is 0 Å². The number of hydrogen-bond donors (Lipinski definition) is 1. The molecule has 3 atom stereocenters. The van der Waals surface area contributed by atoms with Crippen LogP contribution in [0.25, 0.3) is 0 Å². The van der Waals surface area contributed by atoms with E-state index in [-0.39, 0.29) is 5.54 Å². The minimum absolute atomic E-state index is 0.224. The molecule has 0 heterocycles. The second kappa shape index (κ2) is 7.97. The molecular formula is C19H40N2. The van der Waals surface area contributed by atoms with E-state index in [1.807, 2.05) is 0 Å². The molecule has 126 valence electrons. The minimum Gasteiger partial charge on any atom is -0.311 e. The van der Waals surface area contributed by atoms with Crippen LogP contribution in [-0.4, -0.2) is 36.6 Å². The van der Waals surface area contributed by atoms with E-state index >= 15 is 0 Å². The lowest BCUT2D eigenvalue weighted by Crippen LogP contribution is -2.51. The van der Waals surface area contributed by atoms with Gasteiger partial charge in [0.15, 0.2) is 0 Å². The Labute approximate surface area is 134 Å². The Morgan fingerprint density at radius 2 is 2.00 bits per heavy atom. The highest BCUT2D eigenvalue weighted by Crippen LogP contribution is 2.40. The van der Waals surface area contributed by atoms with E-state index in [1.165, 1.54) is 51.6 Å². The van der Waals surface area contributed by atoms with Crippen molar-refractivity contribution in [1.82, 2.24) is 10.2 Å². The smallest absolute Gasteiger partial charge is 0.00967 e. The quantitative estimate of drug-likeness (QED) is 0.733. The first kappa shape index (κ1) is 19.0. The summed E-state index contributed by atoms with van der Waals surface area (Å²) in [5, 5.41) is 3.80. The van der Waals surface area contributed by atoms with Gasteiger partial charge in [-0.15, -0.1) is 0 Å². The van der Waals surface area contributed by atoms with Gasteiger partial charge >= 0.3 is 0 Å². The van der Waals surface area contributed by atoms with Crippen LogP contribution in [0.1, 0.15) is 80.1 Å². The zero-order valence-electron chi connectivity index (χ0n) is 15.8. The minimum atomic E-state index is 0.224. The predicted molar refractivity (Wildman–Crippen MR) is 94.8 cm³/mol. The Kier molecular flexibility index (Phi) is 7.19. The maximum atomic E-state index is 3.80. The molecule has 0 aromatic heterocycles. The summed E-state index contributed by atoms with van der Waals surface area (Å²) < 4.78 is 0. The lowest BCUT2D eigenvalue weighted by molar-refractivity contribution is 0.0680. The second-order valence-corrected chi connectivity index (χ2v) is 8.86. The van der Waals surface area contributed by atoms with E-state index in [4.69, 9.17) is 0 Å². The van der Waals surface area contributed by atoms with Crippen molar-refractivity contribution in [3.63, 3.8) is 0 Å². The number of hydrogen-bond acceptors (Lipinski definition) is 2. The summed E-state index contributed by atoms with van der Waals surface area (Å²) >= 11 is 0. The molecular weight excluding hydrogens is 256 g/mol. The predicted octanol–water partition coefficient (Wildman–Crippen LogP) is 4.69. The van der Waals surface area contributed by atoms with Gasteiger partial charge in [0, 0.05) is 24.7 Å². The molecule has 1 aliphatic rings. The van der Waals surface area contributed by atoms with Gasteiger partial charge in [-0.3, -0.25) is 0 Å². The van der Waals surface area contributed by atoms with Crippen molar-refractivity contribution in [3.8, 4) is 0 Å². The van der Waals surface area contributed by atoms with E-state index in [9.17, 15) is 0 Å². The first-order valence-corrected chi connectivity index (χ1v) is 9.13. The molecule has 3 unspecified atom stereocenters. The molecule has 0 saturated heterocycles. The topological polar surface area (TPSA) is 15.3 Å². The van der Waals surface area contributed by atoms with Gasteiger partial charge in [0.25, 0.3) is 0 Å². The van der Waals surface area contributed by atoms with Crippen molar-refractivity contribution in [1.29, 1.82) is 0 Å². The maximum Gasteiger partial charge on any atom is 0.00967 e. The zero-order valence-corrected chi connectivity index (χ0v) is 15.8. The number of nitrogens with one attached hydrogen (secondary N) is 1. The normalized spacial score (nSPS) is 28.9. The lowest BCUT2D eigenvalue weighted by Gasteiger charge is -2.45. The van der Waals surface area contributed by atoms with Crippen LogP contribution in [0, 0.1) is 11.3 Å². The fraction of sp³-hybridized carbons (Fsp3) is 1.00. The van der Waals surface area contributed by atoms with Crippen molar-refractivity contribution in [3.05, 3.63) is 0 Å². The van der Waals surface area contributed by atoms with Gasteiger partial charge in [0.05, 0.1) is 0 Å². The molecule has 0 aliphatic heterocycles. The van der Waals surface area contributed by atoms with Gasteiger partial charge in [-0.25, -0.2) is 0 Å². The van der Waals surface area contributed by atoms with Crippen molar-refractivity contribution < 1.29 is 0 Å². The van der Waals surface area contributed by atoms with Crippen LogP contribution in [0.15, 0.2) is 0 Å². The summed E-state index contributed by atoms with van der Waals surface area (Å²) in [5.74, 6) is 0.885. The summed E-state index contributed by atoms with van der Waals surface area (Å²) in [6.07, 6.45) is 8.21. The second-order valence-electron chi connectivity index (χ2n) is 8.86. The first-order chi connectivity index (χ1) is 9.67. The Morgan fingerprint density at radius 3 is 2.52 bits per heavy atom. The van der Waals surface area contributed by atoms with Crippen LogP contribution in [0.5, 0.6) is 0 Å². The van der Waals surface area contributed by atoms with Crippen molar-refractivity contribution in [2.75, 3.05) is 20.1 Å². The summed E-state index contributed by atoms with van der Waals surface area (Å²) in [6.45, 7) is 16.4. The fourth-order valence-electron chi connectivity index (χ4n) is 3.90. The summed E-state index contributed by atoms with van der Waals surface area (Å²) in [6, 6.07) is 0.707. The van der Waals surface area contributed by atoms with Crippen LogP contribution in [0.3, 0.4) is 0 Å². The fourth-order valence-corrected chi connectivity index (χ4v) is 3.90. The Hall–Kier alpha value is -0.0800. The average Bonchev–Trinajstić information content (AvgIpc) is 2.36. The molecule has 0 aromatic carbocycles. The third kappa shape index (κ3) is 6.69. The van der Waals surface area contributed by atoms with E-state index < -0.39 is 0 Å². The van der Waals surface area contributed by atoms with Gasteiger partial charge in [-0.2, -0.15) is 0 Å². The SMILES string of the molecule is CCCC(C)N(C)CC1(CNC(C)(C)C)CCCC(C)C1. The Morgan fingerprint density at radius 1 is 1.33 bits per heavy atom. The molecule has 0 aromatic rings. The van der Waals surface area contributed by atoms with E-state index in [0.717, 1.165) is 5.92 Å². The largest absolute Gasteiger partial charge is 0.311 e. The standard InChI is InChI=1S/C19H40N2/c1-8-10-17(3)21(7)15-19(14-20-18(4,5)6)12-9-11-16(2)13-19/h16-17,20H,8-15H2,1-7H3. The molecule has 1 rings (SSSR count). The zero-order chi connectivity index (χ0) is 16.1. The highest BCUT2D eigenvalue weighted by molar-refractivity contribution is 4.91. The van der Waals surface area contributed by atoms with Crippen LogP contribution < -0.4 is 5.32 Å². The lowest BCUT2D eigenvalue weighted by atomic mass is 9.69. The van der Waals surface area contributed by atoms with Gasteiger partial charge in [0.2, 0.25) is 0 Å². The molecule has 2 nitrogen and oxygen atoms in total. The number of nitrogens with zero attached hydrogens (tertiary/aromatic N) is 1. The Bertz CT molecular complexity index is 294. The molecule has 0 radical (unpaired) electrons. The molecule has 1 aliphatic carbocycles. The van der Waals surface area contributed by atoms with Gasteiger partial charge in [0.1, 0.15) is 0 Å². The molecule has 0 spiro atoms. The molecule has 1 N–H and O–H groups in total. The maximum absolute atomic E-state index is 3.80. The van der Waals surface area contributed by atoms with E-state index in [1.54, 1.807) is 0 Å². The van der Waals surface area contributed by atoms with Crippen LogP contribution in [-0.2, 0) is 0 Å². The number of rotatable bonds is 7. The highest BCUT2D eigenvalue weighted by Gasteiger charge is 2.37. The van der Waals surface area contributed by atoms with E-state index in [0.29, 0.717) is 11.5 Å². The van der Waals surface area contributed by atoms with Crippen LogP contribution >= 0.6 is 0 Å². The summed E-state index contributed by atoms with van der Waals surface area (Å²) in [5.41, 5.74) is 0.697. The average molecular weight is 297 g/mol. The van der Waals surface area contributed by atoms with Crippen molar-refractivity contribution in [2.45, 2.75) is 91.6 Å². The monoisotopic (exact) mass is 296 g/mol. The van der Waals surface area contributed by atoms with Crippen LogP contribution in [0.2, 0.25) is 0 Å². The molecule has 1 fully saturated rings. The van der Waals surface area contributed by atoms with Gasteiger partial charge in [-0.1, -0.05) is 33.1 Å². The summed E-state index contributed by atoms with van der Waals surface area (Å²) in [7, 11) is 2.33.